The van der Waals surface area contributed by atoms with Gasteiger partial charge in [0.25, 0.3) is 0 Å². The van der Waals surface area contributed by atoms with Crippen molar-refractivity contribution in [2.24, 2.45) is 46.3 Å². The van der Waals surface area contributed by atoms with E-state index in [4.69, 9.17) is 43.2 Å². The maximum Gasteiger partial charge on any atom is 0.328 e. The number of aromatic nitrogens is 3. The summed E-state index contributed by atoms with van der Waals surface area (Å²) >= 11 is 0. The molecule has 0 spiro atoms. The molecule has 3 saturated carbocycles. The molecule has 0 aliphatic heterocycles. The van der Waals surface area contributed by atoms with Crippen LogP contribution in [0.1, 0.15) is 143 Å². The number of rotatable bonds is 24. The first-order valence-corrected chi connectivity index (χ1v) is 22.1. The third kappa shape index (κ3) is 11.2. The van der Waals surface area contributed by atoms with Crippen LogP contribution in [0.4, 0.5) is 0 Å². The molecule has 5 rings (SSSR count). The molecule has 1 aromatic rings. The lowest BCUT2D eigenvalue weighted by molar-refractivity contribution is -0.152. The van der Waals surface area contributed by atoms with E-state index >= 15 is 0 Å². The van der Waals surface area contributed by atoms with Gasteiger partial charge in [-0.3, -0.25) is 4.79 Å². The van der Waals surface area contributed by atoms with E-state index in [1.807, 2.05) is 13.8 Å². The molecule has 1 heterocycles. The maximum atomic E-state index is 13.6. The number of hydrogen-bond acceptors (Lipinski definition) is 10. The van der Waals surface area contributed by atoms with E-state index in [0.29, 0.717) is 69.9 Å². The molecule has 0 bridgehead atoms. The molecule has 0 unspecified atom stereocenters. The van der Waals surface area contributed by atoms with Gasteiger partial charge >= 0.3 is 5.97 Å². The molecule has 3 fully saturated rings. The molecule has 0 amide bonds. The van der Waals surface area contributed by atoms with Gasteiger partial charge in [0.2, 0.25) is 0 Å². The van der Waals surface area contributed by atoms with Crippen LogP contribution in [0.5, 0.6) is 0 Å². The molecule has 0 radical (unpaired) electrons. The number of hydrogen-bond donors (Lipinski definition) is 0. The Kier molecular flexibility index (Phi) is 17.3. The Labute approximate surface area is 338 Å². The standard InChI is InChI=1S/C45H77N3O8/c1-31(2)11-10-12-32(3)38-15-16-39-37-14-13-35-29-36(17-19-44(35,6)40(37)18-20-45(38,39)7)56-41(49)30-48-43(34(5)55-28-26-53-24-22-51-9)46-42(47-48)33(4)54-27-25-52-23-21-50-8/h13,31-34,36-40H,10-12,14-30H2,1-9H3/t32-,33+,34+,36+,37+,38-,39+,40+,44+,45-/m1/s1. The van der Waals surface area contributed by atoms with Crippen LogP contribution in [0, 0.1) is 46.3 Å². The number of carbonyl (C=O) groups is 1. The van der Waals surface area contributed by atoms with Gasteiger partial charge in [-0.15, -0.1) is 0 Å². The molecular formula is C45H77N3O8. The first-order valence-electron chi connectivity index (χ1n) is 22.1. The summed E-state index contributed by atoms with van der Waals surface area (Å²) in [5.41, 5.74) is 2.21. The first-order chi connectivity index (χ1) is 26.9. The van der Waals surface area contributed by atoms with Crippen LogP contribution in [0.2, 0.25) is 0 Å². The number of carbonyl (C=O) groups excluding carboxylic acids is 1. The lowest BCUT2D eigenvalue weighted by Gasteiger charge is -2.58. The van der Waals surface area contributed by atoms with Crippen molar-refractivity contribution in [3.8, 4) is 0 Å². The fourth-order valence-corrected chi connectivity index (χ4v) is 11.3. The summed E-state index contributed by atoms with van der Waals surface area (Å²) in [6, 6.07) is 0. The van der Waals surface area contributed by atoms with E-state index in [9.17, 15) is 4.79 Å². The summed E-state index contributed by atoms with van der Waals surface area (Å²) in [5.74, 6) is 5.59. The summed E-state index contributed by atoms with van der Waals surface area (Å²) in [6.45, 7) is 20.0. The van der Waals surface area contributed by atoms with Crippen LogP contribution >= 0.6 is 0 Å². The van der Waals surface area contributed by atoms with E-state index in [2.05, 4.69) is 40.7 Å². The summed E-state index contributed by atoms with van der Waals surface area (Å²) in [6.07, 6.45) is 15.3. The first kappa shape index (κ1) is 45.2. The zero-order valence-corrected chi connectivity index (χ0v) is 36.5. The predicted molar refractivity (Wildman–Crippen MR) is 217 cm³/mol. The van der Waals surface area contributed by atoms with Gasteiger partial charge in [-0.2, -0.15) is 5.10 Å². The van der Waals surface area contributed by atoms with Crippen LogP contribution in [-0.4, -0.2) is 93.9 Å². The SMILES string of the molecule is COCCOCCO[C@@H](C)c1nc([C@H](C)OCCOCCOC)n(CC(=O)O[C@H]2CC[C@@]3(C)C(=CC[C@H]4[C@@H]5CC[C@H]([C@H](C)CCCC(C)C)[C@@]5(C)CC[C@@H]43)C2)n1. The predicted octanol–water partition coefficient (Wildman–Crippen LogP) is 8.71. The number of allylic oxidation sites excluding steroid dienone is 1. The molecular weight excluding hydrogens is 711 g/mol. The van der Waals surface area contributed by atoms with Gasteiger partial charge < -0.3 is 33.2 Å². The van der Waals surface area contributed by atoms with Crippen LogP contribution in [0.15, 0.2) is 11.6 Å². The quantitative estimate of drug-likeness (QED) is 0.0573. The van der Waals surface area contributed by atoms with Crippen LogP contribution in [0.3, 0.4) is 0 Å². The Bertz CT molecular complexity index is 1380. The summed E-state index contributed by atoms with van der Waals surface area (Å²) in [4.78, 5) is 18.4. The Morgan fingerprint density at radius 1 is 0.821 bits per heavy atom. The maximum absolute atomic E-state index is 13.6. The molecule has 11 nitrogen and oxygen atoms in total. The zero-order valence-electron chi connectivity index (χ0n) is 36.5. The topological polar surface area (TPSA) is 112 Å². The highest BCUT2D eigenvalue weighted by molar-refractivity contribution is 5.69. The summed E-state index contributed by atoms with van der Waals surface area (Å²) in [7, 11) is 3.29. The third-order valence-corrected chi connectivity index (χ3v) is 14.3. The van der Waals surface area contributed by atoms with Gasteiger partial charge in [0, 0.05) is 20.6 Å². The molecule has 0 aromatic carbocycles. The van der Waals surface area contributed by atoms with Gasteiger partial charge in [-0.05, 0) is 105 Å². The zero-order chi connectivity index (χ0) is 40.3. The highest BCUT2D eigenvalue weighted by atomic mass is 16.6. The van der Waals surface area contributed by atoms with Gasteiger partial charge in [0.05, 0.1) is 52.9 Å². The largest absolute Gasteiger partial charge is 0.461 e. The minimum absolute atomic E-state index is 0.0396. The van der Waals surface area contributed by atoms with Gasteiger partial charge in [0.1, 0.15) is 24.9 Å². The number of methoxy groups -OCH3 is 2. The molecule has 0 saturated heterocycles. The fourth-order valence-electron chi connectivity index (χ4n) is 11.3. The Morgan fingerprint density at radius 3 is 2.18 bits per heavy atom. The van der Waals surface area contributed by atoms with Crippen LogP contribution in [0.25, 0.3) is 0 Å². The molecule has 320 valence electrons. The number of nitrogens with zero attached hydrogens (tertiary/aromatic N) is 3. The average molecular weight is 788 g/mol. The van der Waals surface area contributed by atoms with Crippen molar-refractivity contribution in [3.63, 3.8) is 0 Å². The van der Waals surface area contributed by atoms with Crippen molar-refractivity contribution >= 4 is 5.97 Å². The second-order valence-electron chi connectivity index (χ2n) is 18.4. The summed E-state index contributed by atoms with van der Waals surface area (Å²) < 4.78 is 41.2. The monoisotopic (exact) mass is 788 g/mol. The fraction of sp³-hybridized carbons (Fsp3) is 0.889. The van der Waals surface area contributed by atoms with Crippen molar-refractivity contribution in [2.75, 3.05) is 67.1 Å². The van der Waals surface area contributed by atoms with E-state index < -0.39 is 12.2 Å². The molecule has 11 heteroatoms. The van der Waals surface area contributed by atoms with E-state index in [0.717, 1.165) is 54.8 Å². The number of esters is 1. The van der Waals surface area contributed by atoms with E-state index in [-0.39, 0.29) is 24.0 Å². The minimum Gasteiger partial charge on any atom is -0.461 e. The molecule has 4 aliphatic carbocycles. The van der Waals surface area contributed by atoms with Crippen molar-refractivity contribution in [1.82, 2.24) is 14.8 Å². The normalized spacial score (nSPS) is 30.3. The lowest BCUT2D eigenvalue weighted by Crippen LogP contribution is -2.51. The highest BCUT2D eigenvalue weighted by Gasteiger charge is 2.59. The smallest absolute Gasteiger partial charge is 0.328 e. The average Bonchev–Trinajstić information content (AvgIpc) is 3.75. The van der Waals surface area contributed by atoms with Crippen LogP contribution in [-0.2, 0) is 44.5 Å². The minimum atomic E-state index is -0.420. The van der Waals surface area contributed by atoms with Gasteiger partial charge in [-0.1, -0.05) is 65.5 Å². The van der Waals surface area contributed by atoms with Gasteiger partial charge in [0.15, 0.2) is 11.6 Å². The van der Waals surface area contributed by atoms with Crippen LogP contribution < -0.4 is 0 Å². The molecule has 1 aromatic heterocycles. The van der Waals surface area contributed by atoms with E-state index in [1.54, 1.807) is 18.9 Å². The third-order valence-electron chi connectivity index (χ3n) is 14.3. The molecule has 56 heavy (non-hydrogen) atoms. The molecule has 10 atom stereocenters. The van der Waals surface area contributed by atoms with Crippen molar-refractivity contribution in [2.45, 2.75) is 144 Å². The Balaban J connectivity index is 1.18. The molecule has 0 N–H and O–H groups in total. The molecule has 4 aliphatic rings. The van der Waals surface area contributed by atoms with E-state index in [1.165, 1.54) is 56.9 Å². The summed E-state index contributed by atoms with van der Waals surface area (Å²) in [5, 5.41) is 4.73. The Morgan fingerprint density at radius 2 is 1.50 bits per heavy atom. The van der Waals surface area contributed by atoms with Crippen molar-refractivity contribution in [3.05, 3.63) is 23.3 Å². The Hall–Kier alpha value is -1.89. The van der Waals surface area contributed by atoms with Gasteiger partial charge in [-0.25, -0.2) is 9.67 Å². The lowest BCUT2D eigenvalue weighted by atomic mass is 9.47. The number of ether oxygens (including phenoxy) is 7. The second kappa shape index (κ2) is 21.4. The number of fused-ring (bicyclic) bond motifs is 5. The second-order valence-corrected chi connectivity index (χ2v) is 18.4. The van der Waals surface area contributed by atoms with Crippen molar-refractivity contribution < 1.29 is 38.0 Å². The van der Waals surface area contributed by atoms with Crippen molar-refractivity contribution in [1.29, 1.82) is 0 Å². The highest BCUT2D eigenvalue weighted by Crippen LogP contribution is 2.67.